The lowest BCUT2D eigenvalue weighted by Crippen LogP contribution is -2.41. The topological polar surface area (TPSA) is 66.8 Å². The molecule has 0 atom stereocenters. The SMILES string of the molecule is [CH2]CCc1ccccc1N(CC(=O)O)OC(C)(C)CC(=O)CCC1CCCCC1. The van der Waals surface area contributed by atoms with E-state index in [0.717, 1.165) is 24.1 Å². The van der Waals surface area contributed by atoms with Crippen molar-refractivity contribution in [1.82, 2.24) is 0 Å². The zero-order valence-corrected chi connectivity index (χ0v) is 18.0. The van der Waals surface area contributed by atoms with Gasteiger partial charge in [-0.1, -0.05) is 57.2 Å². The zero-order chi connectivity index (χ0) is 21.3. The van der Waals surface area contributed by atoms with Gasteiger partial charge >= 0.3 is 5.97 Å². The molecule has 5 nitrogen and oxygen atoms in total. The lowest BCUT2D eigenvalue weighted by molar-refractivity contribution is -0.139. The second kappa shape index (κ2) is 11.3. The Labute approximate surface area is 175 Å². The summed E-state index contributed by atoms with van der Waals surface area (Å²) >= 11 is 0. The molecule has 5 heteroatoms. The quantitative estimate of drug-likeness (QED) is 0.476. The molecule has 0 unspecified atom stereocenters. The predicted octanol–water partition coefficient (Wildman–Crippen LogP) is 5.37. The molecule has 0 spiro atoms. The summed E-state index contributed by atoms with van der Waals surface area (Å²) in [5.74, 6) is -0.120. The van der Waals surface area contributed by atoms with Gasteiger partial charge in [0, 0.05) is 12.8 Å². The highest BCUT2D eigenvalue weighted by Crippen LogP contribution is 2.29. The van der Waals surface area contributed by atoms with Crippen LogP contribution in [0.4, 0.5) is 5.69 Å². The van der Waals surface area contributed by atoms with E-state index < -0.39 is 11.6 Å². The lowest BCUT2D eigenvalue weighted by Gasteiger charge is -2.33. The smallest absolute Gasteiger partial charge is 0.325 e. The van der Waals surface area contributed by atoms with Crippen LogP contribution >= 0.6 is 0 Å². The van der Waals surface area contributed by atoms with E-state index in [4.69, 9.17) is 4.84 Å². The minimum absolute atomic E-state index is 0.182. The second-order valence-corrected chi connectivity index (χ2v) is 8.77. The van der Waals surface area contributed by atoms with Gasteiger partial charge in [-0.3, -0.25) is 14.4 Å². The molecule has 0 bridgehead atoms. The second-order valence-electron chi connectivity index (χ2n) is 8.77. The summed E-state index contributed by atoms with van der Waals surface area (Å²) in [5.41, 5.74) is 0.931. The molecule has 0 aliphatic heterocycles. The van der Waals surface area contributed by atoms with Gasteiger partial charge in [0.15, 0.2) is 0 Å². The van der Waals surface area contributed by atoms with Crippen LogP contribution in [0.15, 0.2) is 24.3 Å². The maximum Gasteiger partial charge on any atom is 0.325 e. The molecule has 1 N–H and O–H groups in total. The Balaban J connectivity index is 2.00. The summed E-state index contributed by atoms with van der Waals surface area (Å²) in [4.78, 5) is 30.1. The summed E-state index contributed by atoms with van der Waals surface area (Å²) in [5, 5.41) is 10.8. The fraction of sp³-hybridized carbons (Fsp3) is 0.625. The van der Waals surface area contributed by atoms with Crippen molar-refractivity contribution < 1.29 is 19.5 Å². The van der Waals surface area contributed by atoms with Crippen molar-refractivity contribution in [3.63, 3.8) is 0 Å². The van der Waals surface area contributed by atoms with E-state index in [9.17, 15) is 14.7 Å². The largest absolute Gasteiger partial charge is 0.480 e. The number of nitrogens with zero attached hydrogens (tertiary/aromatic N) is 1. The first-order valence-corrected chi connectivity index (χ1v) is 10.9. The first kappa shape index (κ1) is 23.4. The van der Waals surface area contributed by atoms with Crippen molar-refractivity contribution in [1.29, 1.82) is 0 Å². The Morgan fingerprint density at radius 1 is 1.21 bits per heavy atom. The Kier molecular flexibility index (Phi) is 9.15. The van der Waals surface area contributed by atoms with Gasteiger partial charge in [-0.2, -0.15) is 0 Å². The third-order valence-electron chi connectivity index (χ3n) is 5.52. The number of carbonyl (C=O) groups is 2. The predicted molar refractivity (Wildman–Crippen MR) is 116 cm³/mol. The van der Waals surface area contributed by atoms with E-state index in [0.29, 0.717) is 18.8 Å². The highest BCUT2D eigenvalue weighted by molar-refractivity contribution is 5.79. The van der Waals surface area contributed by atoms with Crippen LogP contribution in [0.3, 0.4) is 0 Å². The molecule has 1 aliphatic carbocycles. The Morgan fingerprint density at radius 2 is 1.90 bits per heavy atom. The fourth-order valence-corrected chi connectivity index (χ4v) is 4.18. The van der Waals surface area contributed by atoms with E-state index in [2.05, 4.69) is 6.92 Å². The molecule has 1 radical (unpaired) electrons. The zero-order valence-electron chi connectivity index (χ0n) is 18.0. The molecule has 0 heterocycles. The molecule has 29 heavy (non-hydrogen) atoms. The maximum absolute atomic E-state index is 12.6. The Hall–Kier alpha value is -1.88. The minimum atomic E-state index is -0.978. The molecule has 1 aromatic rings. The number of rotatable bonds is 12. The third-order valence-corrected chi connectivity index (χ3v) is 5.52. The molecular formula is C24H36NO4. The van der Waals surface area contributed by atoms with Crippen LogP contribution in [0.2, 0.25) is 0 Å². The van der Waals surface area contributed by atoms with E-state index in [-0.39, 0.29) is 18.7 Å². The van der Waals surface area contributed by atoms with E-state index in [1.165, 1.54) is 37.2 Å². The van der Waals surface area contributed by atoms with Crippen molar-refractivity contribution in [2.75, 3.05) is 11.6 Å². The number of hydrogen-bond acceptors (Lipinski definition) is 4. The number of hydroxylamine groups is 1. The van der Waals surface area contributed by atoms with Gasteiger partial charge in [0.05, 0.1) is 11.3 Å². The van der Waals surface area contributed by atoms with E-state index >= 15 is 0 Å². The van der Waals surface area contributed by atoms with E-state index in [1.807, 2.05) is 38.1 Å². The number of carbonyl (C=O) groups excluding carboxylic acids is 1. The molecular weight excluding hydrogens is 366 g/mol. The van der Waals surface area contributed by atoms with E-state index in [1.54, 1.807) is 0 Å². The van der Waals surface area contributed by atoms with Gasteiger partial charge in [-0.15, -0.1) is 0 Å². The summed E-state index contributed by atoms with van der Waals surface area (Å²) in [7, 11) is 0. The third kappa shape index (κ3) is 8.17. The highest BCUT2D eigenvalue weighted by atomic mass is 16.7. The summed E-state index contributed by atoms with van der Waals surface area (Å²) in [6, 6.07) is 7.60. The number of hydrogen-bond donors (Lipinski definition) is 1. The minimum Gasteiger partial charge on any atom is -0.480 e. The highest BCUT2D eigenvalue weighted by Gasteiger charge is 2.29. The van der Waals surface area contributed by atoms with Gasteiger partial charge in [0.25, 0.3) is 0 Å². The molecule has 1 aliphatic rings. The van der Waals surface area contributed by atoms with Crippen molar-refractivity contribution in [2.24, 2.45) is 5.92 Å². The van der Waals surface area contributed by atoms with Crippen molar-refractivity contribution >= 4 is 17.4 Å². The van der Waals surface area contributed by atoms with Gasteiger partial charge in [-0.05, 0) is 50.7 Å². The van der Waals surface area contributed by atoms with Crippen molar-refractivity contribution in [3.8, 4) is 0 Å². The first-order chi connectivity index (χ1) is 13.8. The summed E-state index contributed by atoms with van der Waals surface area (Å²) in [6.07, 6.45) is 9.61. The number of anilines is 1. The monoisotopic (exact) mass is 402 g/mol. The number of aliphatic carboxylic acids is 1. The van der Waals surface area contributed by atoms with Crippen LogP contribution in [0.1, 0.15) is 77.2 Å². The maximum atomic E-state index is 12.6. The van der Waals surface area contributed by atoms with Crippen LogP contribution in [0.25, 0.3) is 0 Å². The molecule has 161 valence electrons. The van der Waals surface area contributed by atoms with Crippen LogP contribution in [0, 0.1) is 12.8 Å². The Bertz CT molecular complexity index is 665. The van der Waals surface area contributed by atoms with Gasteiger partial charge in [0.2, 0.25) is 0 Å². The number of aryl methyl sites for hydroxylation is 1. The van der Waals surface area contributed by atoms with Crippen molar-refractivity contribution in [2.45, 2.75) is 83.7 Å². The molecule has 1 saturated carbocycles. The van der Waals surface area contributed by atoms with Gasteiger partial charge in [0.1, 0.15) is 12.3 Å². The molecule has 1 fully saturated rings. The molecule has 2 rings (SSSR count). The molecule has 0 saturated heterocycles. The average Bonchev–Trinajstić information content (AvgIpc) is 2.66. The fourth-order valence-electron chi connectivity index (χ4n) is 4.18. The molecule has 0 amide bonds. The van der Waals surface area contributed by atoms with Crippen LogP contribution in [-0.2, 0) is 20.8 Å². The van der Waals surface area contributed by atoms with Crippen LogP contribution < -0.4 is 5.06 Å². The summed E-state index contributed by atoms with van der Waals surface area (Å²) in [6.45, 7) is 7.31. The number of carboxylic acid groups (broad SMARTS) is 1. The number of carboxylic acids is 1. The average molecular weight is 403 g/mol. The lowest BCUT2D eigenvalue weighted by atomic mass is 9.85. The van der Waals surface area contributed by atoms with Gasteiger partial charge in [-0.25, -0.2) is 5.06 Å². The number of benzene rings is 1. The van der Waals surface area contributed by atoms with Crippen LogP contribution in [-0.4, -0.2) is 29.0 Å². The Morgan fingerprint density at radius 3 is 2.55 bits per heavy atom. The summed E-state index contributed by atoms with van der Waals surface area (Å²) < 4.78 is 0. The van der Waals surface area contributed by atoms with Crippen LogP contribution in [0.5, 0.6) is 0 Å². The molecule has 0 aromatic heterocycles. The van der Waals surface area contributed by atoms with Gasteiger partial charge < -0.3 is 5.11 Å². The number of Topliss-reactive ketones (excluding diaryl/α,β-unsaturated/α-hetero) is 1. The van der Waals surface area contributed by atoms with Crippen molar-refractivity contribution in [3.05, 3.63) is 36.8 Å². The normalized spacial score (nSPS) is 15.3. The first-order valence-electron chi connectivity index (χ1n) is 10.9. The molecule has 1 aromatic carbocycles. The number of para-hydroxylation sites is 1. The standard InChI is InChI=1S/C24H36NO4/c1-4-10-20-13-8-9-14-22(20)25(18-23(27)28)29-24(2,3)17-21(26)16-15-19-11-6-5-7-12-19/h8-9,13-14,19H,1,4-7,10-12,15-18H2,2-3H3,(H,27,28). The number of ketones is 1.